The second-order valence-electron chi connectivity index (χ2n) is 9.72. The zero-order valence-electron chi connectivity index (χ0n) is 22.7. The van der Waals surface area contributed by atoms with E-state index in [9.17, 15) is 9.59 Å². The van der Waals surface area contributed by atoms with Gasteiger partial charge < -0.3 is 29.2 Å². The first-order valence-electron chi connectivity index (χ1n) is 11.9. The topological polar surface area (TPSA) is 102 Å². The van der Waals surface area contributed by atoms with E-state index in [2.05, 4.69) is 5.32 Å². The molecule has 10 nitrogen and oxygen atoms in total. The van der Waals surface area contributed by atoms with Crippen molar-refractivity contribution in [1.29, 1.82) is 0 Å². The van der Waals surface area contributed by atoms with Crippen LogP contribution in [0, 0.1) is 0 Å². The first-order valence-corrected chi connectivity index (χ1v) is 11.9. The van der Waals surface area contributed by atoms with Gasteiger partial charge in [-0.05, 0) is 50.6 Å². The Hall–Kier alpha value is -3.95. The molecule has 37 heavy (non-hydrogen) atoms. The van der Waals surface area contributed by atoms with E-state index in [4.69, 9.17) is 24.0 Å². The summed E-state index contributed by atoms with van der Waals surface area (Å²) < 4.78 is 21.8. The first kappa shape index (κ1) is 27.6. The molecule has 200 valence electrons. The van der Waals surface area contributed by atoms with Crippen LogP contribution in [-0.4, -0.2) is 75.1 Å². The first-order chi connectivity index (χ1) is 17.5. The standard InChI is InChI=1S/C27H36N4O6/c1-27(2,3)28-26(33)30(4)16-25(32)31-21(17-9-12-22(35-6)24(13-17)37-8)15-20(29-31)19-11-10-18(34-5)14-23(19)36-7/h9-14,21H,15-16H2,1-8H3,(H,28,33)/t21-/m1/s1. The lowest BCUT2D eigenvalue weighted by atomic mass is 9.97. The lowest BCUT2D eigenvalue weighted by molar-refractivity contribution is -0.133. The molecule has 1 atom stereocenters. The highest BCUT2D eigenvalue weighted by Gasteiger charge is 2.35. The van der Waals surface area contributed by atoms with Crippen molar-refractivity contribution in [1.82, 2.24) is 15.2 Å². The van der Waals surface area contributed by atoms with Crippen LogP contribution in [0.2, 0.25) is 0 Å². The fourth-order valence-electron chi connectivity index (χ4n) is 4.02. The van der Waals surface area contributed by atoms with Gasteiger partial charge in [0.2, 0.25) is 0 Å². The Morgan fingerprint density at radius 2 is 1.65 bits per heavy atom. The SMILES string of the molecule is COc1ccc(C2=NN(C(=O)CN(C)C(=O)NC(C)(C)C)[C@@H](c3ccc(OC)c(OC)c3)C2)c(OC)c1. The Morgan fingerprint density at radius 1 is 0.973 bits per heavy atom. The van der Waals surface area contributed by atoms with Crippen LogP contribution in [-0.2, 0) is 4.79 Å². The third-order valence-electron chi connectivity index (χ3n) is 5.88. The number of likely N-dealkylation sites (N-methyl/N-ethyl adjacent to an activating group) is 1. The van der Waals surface area contributed by atoms with Crippen molar-refractivity contribution in [2.24, 2.45) is 5.10 Å². The maximum absolute atomic E-state index is 13.5. The molecule has 3 amide bonds. The van der Waals surface area contributed by atoms with Crippen molar-refractivity contribution in [3.63, 3.8) is 0 Å². The van der Waals surface area contributed by atoms with Crippen LogP contribution >= 0.6 is 0 Å². The Balaban J connectivity index is 1.98. The molecule has 0 bridgehead atoms. The summed E-state index contributed by atoms with van der Waals surface area (Å²) in [5, 5.41) is 9.01. The Bertz CT molecular complexity index is 1170. The van der Waals surface area contributed by atoms with Crippen molar-refractivity contribution in [3.8, 4) is 23.0 Å². The average molecular weight is 513 g/mol. The molecule has 0 saturated carbocycles. The van der Waals surface area contributed by atoms with Crippen LogP contribution in [0.1, 0.15) is 44.4 Å². The minimum atomic E-state index is -0.430. The quantitative estimate of drug-likeness (QED) is 0.577. The summed E-state index contributed by atoms with van der Waals surface area (Å²) in [6.07, 6.45) is 0.432. The molecule has 0 saturated heterocycles. The second kappa shape index (κ2) is 11.4. The van der Waals surface area contributed by atoms with Gasteiger partial charge in [-0.15, -0.1) is 0 Å². The lowest BCUT2D eigenvalue weighted by Gasteiger charge is -2.28. The number of amides is 3. The number of carbonyl (C=O) groups is 2. The van der Waals surface area contributed by atoms with Gasteiger partial charge in [0.05, 0.1) is 40.2 Å². The molecule has 2 aromatic rings. The van der Waals surface area contributed by atoms with Crippen LogP contribution in [0.25, 0.3) is 0 Å². The normalized spacial score (nSPS) is 15.1. The van der Waals surface area contributed by atoms with E-state index in [1.54, 1.807) is 47.6 Å². The van der Waals surface area contributed by atoms with E-state index in [-0.39, 0.29) is 18.5 Å². The van der Waals surface area contributed by atoms with Gasteiger partial charge in [-0.25, -0.2) is 9.80 Å². The van der Waals surface area contributed by atoms with Gasteiger partial charge in [-0.2, -0.15) is 5.10 Å². The summed E-state index contributed by atoms with van der Waals surface area (Å²) in [5.41, 5.74) is 1.82. The van der Waals surface area contributed by atoms with Gasteiger partial charge in [-0.1, -0.05) is 6.07 Å². The number of nitrogens with zero attached hydrogens (tertiary/aromatic N) is 3. The Kier molecular flexibility index (Phi) is 8.52. The molecule has 0 aromatic heterocycles. The van der Waals surface area contributed by atoms with Gasteiger partial charge >= 0.3 is 6.03 Å². The molecule has 1 aliphatic rings. The molecule has 3 rings (SSSR count). The molecule has 10 heteroatoms. The lowest BCUT2D eigenvalue weighted by Crippen LogP contribution is -2.49. The van der Waals surface area contributed by atoms with E-state index < -0.39 is 11.6 Å². The molecule has 1 heterocycles. The minimum absolute atomic E-state index is 0.151. The van der Waals surface area contributed by atoms with E-state index in [1.165, 1.54) is 9.91 Å². The van der Waals surface area contributed by atoms with Gasteiger partial charge in [0.1, 0.15) is 18.0 Å². The molecule has 0 radical (unpaired) electrons. The van der Waals surface area contributed by atoms with Crippen molar-refractivity contribution >= 4 is 17.6 Å². The molecule has 1 N–H and O–H groups in total. The maximum atomic E-state index is 13.5. The smallest absolute Gasteiger partial charge is 0.318 e. The van der Waals surface area contributed by atoms with Crippen LogP contribution in [0.3, 0.4) is 0 Å². The highest BCUT2D eigenvalue weighted by molar-refractivity contribution is 6.05. The fourth-order valence-corrected chi connectivity index (χ4v) is 4.02. The number of ether oxygens (including phenoxy) is 4. The van der Waals surface area contributed by atoms with Crippen molar-refractivity contribution in [3.05, 3.63) is 47.5 Å². The monoisotopic (exact) mass is 512 g/mol. The molecular formula is C27H36N4O6. The summed E-state index contributed by atoms with van der Waals surface area (Å²) in [6.45, 7) is 5.50. The van der Waals surface area contributed by atoms with Crippen LogP contribution < -0.4 is 24.3 Å². The predicted octanol–water partition coefficient (Wildman–Crippen LogP) is 3.84. The van der Waals surface area contributed by atoms with Crippen LogP contribution in [0.5, 0.6) is 23.0 Å². The number of rotatable bonds is 8. The molecule has 2 aromatic carbocycles. The summed E-state index contributed by atoms with van der Waals surface area (Å²) in [4.78, 5) is 27.5. The van der Waals surface area contributed by atoms with E-state index >= 15 is 0 Å². The number of hydrogen-bond donors (Lipinski definition) is 1. The number of nitrogens with one attached hydrogen (secondary N) is 1. The number of methoxy groups -OCH3 is 4. The zero-order valence-corrected chi connectivity index (χ0v) is 22.7. The molecule has 0 fully saturated rings. The Morgan fingerprint density at radius 3 is 2.24 bits per heavy atom. The number of urea groups is 1. The summed E-state index contributed by atoms with van der Waals surface area (Å²) >= 11 is 0. The molecular weight excluding hydrogens is 476 g/mol. The largest absolute Gasteiger partial charge is 0.497 e. The number of benzene rings is 2. The van der Waals surface area contributed by atoms with Crippen LogP contribution in [0.4, 0.5) is 4.79 Å². The highest BCUT2D eigenvalue weighted by Crippen LogP contribution is 2.39. The molecule has 0 spiro atoms. The van der Waals surface area contributed by atoms with Gasteiger partial charge in [0, 0.05) is 30.6 Å². The van der Waals surface area contributed by atoms with E-state index in [0.29, 0.717) is 35.1 Å². The molecule has 1 aliphatic heterocycles. The highest BCUT2D eigenvalue weighted by atomic mass is 16.5. The maximum Gasteiger partial charge on any atom is 0.318 e. The average Bonchev–Trinajstić information content (AvgIpc) is 3.32. The van der Waals surface area contributed by atoms with Gasteiger partial charge in [0.15, 0.2) is 11.5 Å². The third-order valence-corrected chi connectivity index (χ3v) is 5.88. The van der Waals surface area contributed by atoms with Gasteiger partial charge in [0.25, 0.3) is 5.91 Å². The number of hydrazone groups is 1. The summed E-state index contributed by atoms with van der Waals surface area (Å²) in [5.74, 6) is 2.03. The fraction of sp³-hybridized carbons (Fsp3) is 0.444. The zero-order chi connectivity index (χ0) is 27.3. The van der Waals surface area contributed by atoms with E-state index in [0.717, 1.165) is 11.1 Å². The number of hydrogen-bond acceptors (Lipinski definition) is 7. The van der Waals surface area contributed by atoms with E-state index in [1.807, 2.05) is 45.0 Å². The molecule has 0 aliphatic carbocycles. The Labute approximate surface area is 218 Å². The summed E-state index contributed by atoms with van der Waals surface area (Å²) in [6, 6.07) is 10.2. The second-order valence-corrected chi connectivity index (χ2v) is 9.72. The summed E-state index contributed by atoms with van der Waals surface area (Å²) in [7, 11) is 7.87. The minimum Gasteiger partial charge on any atom is -0.497 e. The van der Waals surface area contributed by atoms with Crippen LogP contribution in [0.15, 0.2) is 41.5 Å². The van der Waals surface area contributed by atoms with Gasteiger partial charge in [-0.3, -0.25) is 4.79 Å². The third kappa shape index (κ3) is 6.44. The molecule has 0 unspecified atom stereocenters. The van der Waals surface area contributed by atoms with Crippen molar-refractivity contribution < 1.29 is 28.5 Å². The van der Waals surface area contributed by atoms with Crippen molar-refractivity contribution in [2.45, 2.75) is 38.8 Å². The van der Waals surface area contributed by atoms with Crippen molar-refractivity contribution in [2.75, 3.05) is 42.0 Å². The number of carbonyl (C=O) groups excluding carboxylic acids is 2. The predicted molar refractivity (Wildman–Crippen MR) is 141 cm³/mol.